The molecule has 0 aromatic heterocycles. The van der Waals surface area contributed by atoms with Gasteiger partial charge in [-0.1, -0.05) is 30.3 Å². The summed E-state index contributed by atoms with van der Waals surface area (Å²) < 4.78 is 6.40. The second-order valence-electron chi connectivity index (χ2n) is 3.93. The second kappa shape index (κ2) is 6.78. The summed E-state index contributed by atoms with van der Waals surface area (Å²) in [6, 6.07) is 15.1. The number of hydrogen-bond donors (Lipinski definition) is 1. The van der Waals surface area contributed by atoms with Crippen LogP contribution in [-0.2, 0) is 6.61 Å². The van der Waals surface area contributed by atoms with Gasteiger partial charge in [-0.25, -0.2) is 0 Å². The summed E-state index contributed by atoms with van der Waals surface area (Å²) in [6.07, 6.45) is 1.77. The van der Waals surface area contributed by atoms with Gasteiger partial charge in [-0.3, -0.25) is 0 Å². The molecule has 0 aliphatic carbocycles. The van der Waals surface area contributed by atoms with Crippen LogP contribution in [0.5, 0.6) is 11.5 Å². The third-order valence-electron chi connectivity index (χ3n) is 2.51. The third-order valence-corrected chi connectivity index (χ3v) is 2.97. The fourth-order valence-electron chi connectivity index (χ4n) is 1.59. The molecular formula is C15H12Br2O2. The van der Waals surface area contributed by atoms with E-state index in [-0.39, 0.29) is 5.75 Å². The van der Waals surface area contributed by atoms with Crippen LogP contribution >= 0.6 is 31.9 Å². The number of benzene rings is 2. The fourth-order valence-corrected chi connectivity index (χ4v) is 2.09. The lowest BCUT2D eigenvalue weighted by atomic mass is 10.2. The molecular weight excluding hydrogens is 372 g/mol. The maximum absolute atomic E-state index is 9.87. The van der Waals surface area contributed by atoms with Gasteiger partial charge in [0.15, 0.2) is 0 Å². The van der Waals surface area contributed by atoms with E-state index in [1.807, 2.05) is 36.4 Å². The number of rotatable bonds is 4. The van der Waals surface area contributed by atoms with Crippen LogP contribution in [-0.4, -0.2) is 5.11 Å². The quantitative estimate of drug-likeness (QED) is 0.799. The zero-order valence-corrected chi connectivity index (χ0v) is 13.2. The molecule has 2 aromatic carbocycles. The number of aromatic hydroxyl groups is 1. The van der Waals surface area contributed by atoms with Gasteiger partial charge in [-0.2, -0.15) is 0 Å². The monoisotopic (exact) mass is 382 g/mol. The molecule has 0 unspecified atom stereocenters. The first-order chi connectivity index (χ1) is 9.15. The van der Waals surface area contributed by atoms with Crippen molar-refractivity contribution in [1.82, 2.24) is 0 Å². The Balaban J connectivity index is 2.06. The van der Waals surface area contributed by atoms with Crippen molar-refractivity contribution in [3.05, 3.63) is 63.0 Å². The summed E-state index contributed by atoms with van der Waals surface area (Å²) in [4.78, 5) is 0. The first-order valence-electron chi connectivity index (χ1n) is 5.67. The van der Waals surface area contributed by atoms with Crippen LogP contribution in [0.1, 0.15) is 11.1 Å². The molecule has 0 amide bonds. The number of hydrogen-bond acceptors (Lipinski definition) is 2. The van der Waals surface area contributed by atoms with Gasteiger partial charge in [0, 0.05) is 11.6 Å². The maximum Gasteiger partial charge on any atom is 0.126 e. The van der Waals surface area contributed by atoms with Gasteiger partial charge in [-0.15, -0.1) is 0 Å². The molecule has 2 nitrogen and oxygen atoms in total. The Bertz CT molecular complexity index is 576. The van der Waals surface area contributed by atoms with Crippen LogP contribution in [0.4, 0.5) is 0 Å². The highest BCUT2D eigenvalue weighted by atomic mass is 79.9. The Morgan fingerprint density at radius 3 is 2.47 bits per heavy atom. The topological polar surface area (TPSA) is 29.5 Å². The van der Waals surface area contributed by atoms with Crippen LogP contribution < -0.4 is 4.74 Å². The number of halogens is 2. The predicted molar refractivity (Wildman–Crippen MR) is 84.7 cm³/mol. The Kier molecular flexibility index (Phi) is 5.05. The van der Waals surface area contributed by atoms with Gasteiger partial charge >= 0.3 is 0 Å². The van der Waals surface area contributed by atoms with Gasteiger partial charge < -0.3 is 9.84 Å². The molecule has 1 N–H and O–H groups in total. The van der Waals surface area contributed by atoms with Crippen molar-refractivity contribution in [3.63, 3.8) is 0 Å². The van der Waals surface area contributed by atoms with E-state index in [4.69, 9.17) is 4.74 Å². The molecule has 2 rings (SSSR count). The number of phenolic OH excluding ortho intramolecular Hbond substituents is 1. The fraction of sp³-hybridized carbons (Fsp3) is 0.0667. The number of ether oxygens (including phenoxy) is 1. The lowest BCUT2D eigenvalue weighted by molar-refractivity contribution is 0.304. The van der Waals surface area contributed by atoms with Crippen LogP contribution in [0.25, 0.3) is 6.08 Å². The molecule has 98 valence electrons. The Hall–Kier alpha value is -1.26. The molecule has 0 heterocycles. The first-order valence-corrected chi connectivity index (χ1v) is 7.26. The van der Waals surface area contributed by atoms with Crippen molar-refractivity contribution in [2.45, 2.75) is 6.61 Å². The molecule has 2 aromatic rings. The average Bonchev–Trinajstić information content (AvgIpc) is 2.40. The van der Waals surface area contributed by atoms with E-state index in [0.29, 0.717) is 12.4 Å². The first kappa shape index (κ1) is 14.2. The van der Waals surface area contributed by atoms with Crippen molar-refractivity contribution >= 4 is 37.9 Å². The summed E-state index contributed by atoms with van der Waals surface area (Å²) in [5, 5.41) is 9.87. The normalized spacial score (nSPS) is 10.0. The van der Waals surface area contributed by atoms with Gasteiger partial charge in [0.1, 0.15) is 18.1 Å². The SMILES string of the molecule is Oc1cc(OCc2ccccc2)ccc1C=C(Br)Br. The molecule has 0 spiro atoms. The lowest BCUT2D eigenvalue weighted by Crippen LogP contribution is -1.94. The Morgan fingerprint density at radius 1 is 1.11 bits per heavy atom. The van der Waals surface area contributed by atoms with E-state index < -0.39 is 0 Å². The van der Waals surface area contributed by atoms with Crippen molar-refractivity contribution in [1.29, 1.82) is 0 Å². The smallest absolute Gasteiger partial charge is 0.126 e. The van der Waals surface area contributed by atoms with Crippen LogP contribution in [0, 0.1) is 0 Å². The Morgan fingerprint density at radius 2 is 1.84 bits per heavy atom. The van der Waals surface area contributed by atoms with Crippen molar-refractivity contribution in [3.8, 4) is 11.5 Å². The molecule has 0 saturated carbocycles. The van der Waals surface area contributed by atoms with Crippen molar-refractivity contribution < 1.29 is 9.84 Å². The van der Waals surface area contributed by atoms with Gasteiger partial charge in [0.2, 0.25) is 0 Å². The molecule has 0 atom stereocenters. The third kappa shape index (κ3) is 4.40. The molecule has 4 heteroatoms. The zero-order valence-electron chi connectivity index (χ0n) is 10.0. The second-order valence-corrected chi connectivity index (χ2v) is 6.70. The van der Waals surface area contributed by atoms with Crippen LogP contribution in [0.3, 0.4) is 0 Å². The van der Waals surface area contributed by atoms with E-state index in [1.54, 1.807) is 18.2 Å². The number of phenols is 1. The van der Waals surface area contributed by atoms with E-state index in [1.165, 1.54) is 0 Å². The van der Waals surface area contributed by atoms with E-state index in [2.05, 4.69) is 31.9 Å². The lowest BCUT2D eigenvalue weighted by Gasteiger charge is -2.08. The van der Waals surface area contributed by atoms with Crippen LogP contribution in [0.2, 0.25) is 0 Å². The predicted octanol–water partition coefficient (Wildman–Crippen LogP) is 5.06. The molecule has 0 fully saturated rings. The zero-order chi connectivity index (χ0) is 13.7. The average molecular weight is 384 g/mol. The standard InChI is InChI=1S/C15H12Br2O2/c16-15(17)8-12-6-7-13(9-14(12)18)19-10-11-4-2-1-3-5-11/h1-9,18H,10H2. The molecule has 0 aliphatic heterocycles. The van der Waals surface area contributed by atoms with E-state index in [0.717, 1.165) is 14.5 Å². The highest BCUT2D eigenvalue weighted by Crippen LogP contribution is 2.28. The van der Waals surface area contributed by atoms with Crippen molar-refractivity contribution in [2.24, 2.45) is 0 Å². The highest BCUT2D eigenvalue weighted by Gasteiger charge is 2.02. The Labute approximate surface area is 129 Å². The highest BCUT2D eigenvalue weighted by molar-refractivity contribution is 9.28. The summed E-state index contributed by atoms with van der Waals surface area (Å²) in [7, 11) is 0. The minimum Gasteiger partial charge on any atom is -0.507 e. The summed E-state index contributed by atoms with van der Waals surface area (Å²) in [5.41, 5.74) is 1.81. The largest absolute Gasteiger partial charge is 0.507 e. The van der Waals surface area contributed by atoms with E-state index in [9.17, 15) is 5.11 Å². The van der Waals surface area contributed by atoms with Crippen LogP contribution in [0.15, 0.2) is 51.9 Å². The van der Waals surface area contributed by atoms with E-state index >= 15 is 0 Å². The van der Waals surface area contributed by atoms with Gasteiger partial charge in [0.05, 0.1) is 3.39 Å². The molecule has 0 aliphatic rings. The van der Waals surface area contributed by atoms with Gasteiger partial charge in [-0.05, 0) is 55.6 Å². The summed E-state index contributed by atoms with van der Waals surface area (Å²) in [5.74, 6) is 0.825. The minimum absolute atomic E-state index is 0.182. The summed E-state index contributed by atoms with van der Waals surface area (Å²) >= 11 is 6.52. The minimum atomic E-state index is 0.182. The molecule has 0 saturated heterocycles. The molecule has 0 radical (unpaired) electrons. The van der Waals surface area contributed by atoms with Crippen molar-refractivity contribution in [2.75, 3.05) is 0 Å². The molecule has 0 bridgehead atoms. The summed E-state index contributed by atoms with van der Waals surface area (Å²) in [6.45, 7) is 0.484. The van der Waals surface area contributed by atoms with Gasteiger partial charge in [0.25, 0.3) is 0 Å². The maximum atomic E-state index is 9.87. The molecule has 19 heavy (non-hydrogen) atoms.